The summed E-state index contributed by atoms with van der Waals surface area (Å²) in [6.45, 7) is 1.70. The predicted molar refractivity (Wildman–Crippen MR) is 148 cm³/mol. The second-order valence-corrected chi connectivity index (χ2v) is 11.6. The molecule has 0 rings (SSSR count). The molecule has 0 aliphatic heterocycles. The number of rotatable bonds is 24. The van der Waals surface area contributed by atoms with Gasteiger partial charge in [0.25, 0.3) is 7.82 Å². The summed E-state index contributed by atoms with van der Waals surface area (Å²) >= 11 is 0. The average Bonchev–Trinajstić information content (AvgIpc) is 2.82. The molecular weight excluding hydrogens is 493 g/mol. The quantitative estimate of drug-likeness (QED) is 0.0564. The molecular formula is C28H52NO7P. The Balaban J connectivity index is 3.81. The first-order chi connectivity index (χ1) is 17.6. The molecule has 216 valence electrons. The molecule has 0 fully saturated rings. The van der Waals surface area contributed by atoms with Gasteiger partial charge in [-0.3, -0.25) is 9.36 Å². The van der Waals surface area contributed by atoms with Crippen LogP contribution in [0.15, 0.2) is 36.5 Å². The van der Waals surface area contributed by atoms with Crippen molar-refractivity contribution < 1.29 is 37.6 Å². The molecule has 0 aromatic heterocycles. The molecule has 1 N–H and O–H groups in total. The molecule has 0 radical (unpaired) electrons. The van der Waals surface area contributed by atoms with Gasteiger partial charge >= 0.3 is 5.97 Å². The Morgan fingerprint density at radius 1 is 0.892 bits per heavy atom. The molecule has 0 saturated carbocycles. The van der Waals surface area contributed by atoms with E-state index in [1.807, 2.05) is 21.1 Å². The van der Waals surface area contributed by atoms with Gasteiger partial charge in [-0.2, -0.15) is 0 Å². The Kier molecular flexibility index (Phi) is 21.9. The van der Waals surface area contributed by atoms with Crippen molar-refractivity contribution in [3.8, 4) is 0 Å². The molecule has 8 nitrogen and oxygen atoms in total. The van der Waals surface area contributed by atoms with Crippen LogP contribution in [-0.2, 0) is 23.1 Å². The number of hydrogen-bond acceptors (Lipinski definition) is 7. The van der Waals surface area contributed by atoms with Gasteiger partial charge in [0.15, 0.2) is 0 Å². The normalized spacial score (nSPS) is 15.1. The zero-order valence-corrected chi connectivity index (χ0v) is 24.5. The van der Waals surface area contributed by atoms with Gasteiger partial charge in [-0.05, 0) is 44.9 Å². The Labute approximate surface area is 225 Å². The average molecular weight is 546 g/mol. The lowest BCUT2D eigenvalue weighted by Gasteiger charge is -2.28. The highest BCUT2D eigenvalue weighted by Crippen LogP contribution is 2.38. The van der Waals surface area contributed by atoms with Gasteiger partial charge < -0.3 is 28.3 Å². The fourth-order valence-corrected chi connectivity index (χ4v) is 3.91. The third kappa shape index (κ3) is 26.1. The van der Waals surface area contributed by atoms with Crippen LogP contribution in [0.3, 0.4) is 0 Å². The minimum atomic E-state index is -4.52. The smallest absolute Gasteiger partial charge is 0.306 e. The van der Waals surface area contributed by atoms with Crippen molar-refractivity contribution >= 4 is 13.8 Å². The van der Waals surface area contributed by atoms with E-state index in [0.29, 0.717) is 17.4 Å². The molecule has 9 heteroatoms. The van der Waals surface area contributed by atoms with Crippen LogP contribution in [0.2, 0.25) is 0 Å². The number of likely N-dealkylation sites (N-methyl/N-ethyl adjacent to an activating group) is 1. The van der Waals surface area contributed by atoms with Gasteiger partial charge in [0.05, 0.1) is 34.4 Å². The van der Waals surface area contributed by atoms with Crippen LogP contribution in [0, 0.1) is 0 Å². The second kappa shape index (κ2) is 22.7. The highest BCUT2D eigenvalue weighted by atomic mass is 31.2. The van der Waals surface area contributed by atoms with Crippen LogP contribution in [0.4, 0.5) is 0 Å². The lowest BCUT2D eigenvalue weighted by atomic mass is 10.1. The summed E-state index contributed by atoms with van der Waals surface area (Å²) in [5.41, 5.74) is 0. The lowest BCUT2D eigenvalue weighted by molar-refractivity contribution is -0.870. The van der Waals surface area contributed by atoms with Gasteiger partial charge in [0.1, 0.15) is 19.3 Å². The van der Waals surface area contributed by atoms with E-state index < -0.39 is 33.1 Å². The number of carbonyl (C=O) groups excluding carboxylic acids is 1. The van der Waals surface area contributed by atoms with E-state index in [0.717, 1.165) is 38.5 Å². The summed E-state index contributed by atoms with van der Waals surface area (Å²) in [7, 11) is 1.21. The number of unbranched alkanes of at least 4 members (excludes halogenated alkanes) is 7. The Bertz CT molecular complexity index is 701. The number of quaternary nitrogens is 1. The highest BCUT2D eigenvalue weighted by molar-refractivity contribution is 7.45. The van der Waals surface area contributed by atoms with E-state index in [2.05, 4.69) is 43.4 Å². The fourth-order valence-electron chi connectivity index (χ4n) is 3.18. The lowest BCUT2D eigenvalue weighted by Crippen LogP contribution is -2.37. The predicted octanol–water partition coefficient (Wildman–Crippen LogP) is 5.47. The monoisotopic (exact) mass is 545 g/mol. The third-order valence-electron chi connectivity index (χ3n) is 5.45. The van der Waals surface area contributed by atoms with Crippen molar-refractivity contribution in [1.82, 2.24) is 0 Å². The Morgan fingerprint density at radius 2 is 1.46 bits per heavy atom. The number of nitrogens with zero attached hydrogens (tertiary/aromatic N) is 1. The zero-order valence-electron chi connectivity index (χ0n) is 23.6. The highest BCUT2D eigenvalue weighted by Gasteiger charge is 2.19. The van der Waals surface area contributed by atoms with Crippen LogP contribution in [0.5, 0.6) is 0 Å². The van der Waals surface area contributed by atoms with E-state index in [1.165, 1.54) is 25.7 Å². The molecule has 0 aliphatic carbocycles. The molecule has 2 atom stereocenters. The summed E-state index contributed by atoms with van der Waals surface area (Å²) in [5.74, 6) is -0.475. The number of allylic oxidation sites excluding steroid dienone is 6. The maximum absolute atomic E-state index is 12.0. The van der Waals surface area contributed by atoms with Crippen molar-refractivity contribution in [2.24, 2.45) is 0 Å². The van der Waals surface area contributed by atoms with Crippen LogP contribution < -0.4 is 4.89 Å². The number of phosphoric acid groups is 1. The maximum Gasteiger partial charge on any atom is 0.306 e. The van der Waals surface area contributed by atoms with E-state index in [9.17, 15) is 19.4 Å². The van der Waals surface area contributed by atoms with Crippen molar-refractivity contribution in [3.05, 3.63) is 36.5 Å². The number of esters is 1. The molecule has 0 heterocycles. The number of aliphatic hydroxyl groups excluding tert-OH is 1. The summed E-state index contributed by atoms with van der Waals surface area (Å²) in [4.78, 5) is 23.8. The first-order valence-corrected chi connectivity index (χ1v) is 15.2. The van der Waals surface area contributed by atoms with Crippen LogP contribution >= 0.6 is 7.82 Å². The number of ether oxygens (including phenoxy) is 1. The fraction of sp³-hybridized carbons (Fsp3) is 0.750. The molecule has 0 aromatic carbocycles. The van der Waals surface area contributed by atoms with Gasteiger partial charge in [0.2, 0.25) is 0 Å². The number of hydrogen-bond donors (Lipinski definition) is 1. The van der Waals surface area contributed by atoms with Crippen molar-refractivity contribution in [2.75, 3.05) is 47.5 Å². The first-order valence-electron chi connectivity index (χ1n) is 13.8. The number of phosphoric ester groups is 1. The van der Waals surface area contributed by atoms with Gasteiger partial charge in [-0.25, -0.2) is 0 Å². The standard InChI is InChI=1S/C28H52NO7P/c1-5-6-7-8-9-10-11-12-13-14-15-16-17-18-19-20-21-22-28(31)36-27(25-30)26-35-37(32,33)34-24-23-29(2,3)4/h9-10,12-13,15-16,27,30H,5-8,11,14,17-26H2,1-4H3/b10-9-,13-12-,16-15-/t27-/m1/s1. The minimum absolute atomic E-state index is 0.0161. The molecule has 37 heavy (non-hydrogen) atoms. The largest absolute Gasteiger partial charge is 0.756 e. The SMILES string of the molecule is CCCCC/C=C\C/C=C\C/C=C\CCCCCCC(=O)O[C@H](CO)COP(=O)([O-])OCC[N+](C)(C)C. The number of aliphatic hydroxyl groups is 1. The summed E-state index contributed by atoms with van der Waals surface area (Å²) in [6, 6.07) is 0. The molecule has 0 spiro atoms. The molecule has 0 amide bonds. The van der Waals surface area contributed by atoms with Gasteiger partial charge in [0, 0.05) is 6.42 Å². The molecule has 0 saturated heterocycles. The van der Waals surface area contributed by atoms with E-state index in [-0.39, 0.29) is 13.0 Å². The van der Waals surface area contributed by atoms with Gasteiger partial charge in [-0.1, -0.05) is 69.1 Å². The van der Waals surface area contributed by atoms with E-state index >= 15 is 0 Å². The third-order valence-corrected chi connectivity index (χ3v) is 6.42. The van der Waals surface area contributed by atoms with Crippen LogP contribution in [0.25, 0.3) is 0 Å². The molecule has 1 unspecified atom stereocenters. The topological polar surface area (TPSA) is 105 Å². The van der Waals surface area contributed by atoms with E-state index in [1.54, 1.807) is 0 Å². The summed E-state index contributed by atoms with van der Waals surface area (Å²) in [5, 5.41) is 9.37. The molecule has 0 aromatic rings. The summed E-state index contributed by atoms with van der Waals surface area (Å²) in [6.07, 6.45) is 24.2. The van der Waals surface area contributed by atoms with Crippen molar-refractivity contribution in [3.63, 3.8) is 0 Å². The zero-order chi connectivity index (χ0) is 27.8. The Hall–Kier alpha value is -1.28. The number of carbonyl (C=O) groups is 1. The molecule has 0 aliphatic rings. The van der Waals surface area contributed by atoms with Crippen molar-refractivity contribution in [1.29, 1.82) is 0 Å². The van der Waals surface area contributed by atoms with E-state index in [4.69, 9.17) is 13.8 Å². The second-order valence-electron chi connectivity index (χ2n) is 10.2. The molecule has 0 bridgehead atoms. The first kappa shape index (κ1) is 35.7. The summed E-state index contributed by atoms with van der Waals surface area (Å²) < 4.78 is 27.0. The van der Waals surface area contributed by atoms with Crippen LogP contribution in [-0.4, -0.2) is 69.2 Å². The van der Waals surface area contributed by atoms with Crippen molar-refractivity contribution in [2.45, 2.75) is 90.1 Å². The van der Waals surface area contributed by atoms with Gasteiger partial charge in [-0.15, -0.1) is 0 Å². The van der Waals surface area contributed by atoms with Crippen LogP contribution in [0.1, 0.15) is 84.0 Å². The Morgan fingerprint density at radius 3 is 2.03 bits per heavy atom. The minimum Gasteiger partial charge on any atom is -0.756 e. The maximum atomic E-state index is 12.0.